The Kier molecular flexibility index (Phi) is 4.36. The average molecular weight is 433 g/mol. The number of Topliss-reactive ketones (excluding diaryl/α,β-unsaturated/α-hetero) is 1. The molecular formula is C22H19F4N3O2. The third-order valence-electron chi connectivity index (χ3n) is 6.52. The van der Waals surface area contributed by atoms with E-state index in [0.717, 1.165) is 5.69 Å². The molecule has 3 heterocycles. The fourth-order valence-corrected chi connectivity index (χ4v) is 5.00. The number of carbonyl (C=O) groups is 1. The van der Waals surface area contributed by atoms with Gasteiger partial charge in [-0.2, -0.15) is 0 Å². The van der Waals surface area contributed by atoms with E-state index in [-0.39, 0.29) is 17.5 Å². The molecule has 9 heteroatoms. The highest BCUT2D eigenvalue weighted by Crippen LogP contribution is 2.75. The van der Waals surface area contributed by atoms with Gasteiger partial charge in [0.15, 0.2) is 17.2 Å². The topological polar surface area (TPSA) is 56.5 Å². The molecule has 3 fully saturated rings. The third kappa shape index (κ3) is 3.01. The smallest absolute Gasteiger partial charge is 0.280 e. The van der Waals surface area contributed by atoms with Gasteiger partial charge in [-0.05, 0) is 43.0 Å². The van der Waals surface area contributed by atoms with E-state index >= 15 is 0 Å². The Labute approximate surface area is 175 Å². The number of alkyl halides is 4. The molecule has 0 aromatic carbocycles. The maximum atomic E-state index is 13.2. The number of ketones is 1. The molecule has 3 aromatic heterocycles. The van der Waals surface area contributed by atoms with E-state index in [1.54, 1.807) is 22.9 Å². The Bertz CT molecular complexity index is 1170. The van der Waals surface area contributed by atoms with E-state index in [4.69, 9.17) is 4.74 Å². The van der Waals surface area contributed by atoms with E-state index in [0.29, 0.717) is 36.2 Å². The predicted octanol–water partition coefficient (Wildman–Crippen LogP) is 4.79. The second kappa shape index (κ2) is 6.77. The zero-order chi connectivity index (χ0) is 22.0. The lowest BCUT2D eigenvalue weighted by molar-refractivity contribution is -0.223. The summed E-state index contributed by atoms with van der Waals surface area (Å²) in [4.78, 5) is 21.0. The molecule has 162 valence electrons. The quantitative estimate of drug-likeness (QED) is 0.397. The normalized spacial score (nSPS) is 24.4. The Morgan fingerprint density at radius 3 is 2.55 bits per heavy atom. The molecule has 3 aliphatic rings. The van der Waals surface area contributed by atoms with Gasteiger partial charge >= 0.3 is 0 Å². The van der Waals surface area contributed by atoms with Gasteiger partial charge in [-0.15, -0.1) is 0 Å². The molecule has 6 rings (SSSR count). The SMILES string of the molecule is COc1cc(CC(=O)c2cccc(C(F)F)n2)cn2cc(C34CC(C(F)F)(C3)C4)nc12. The van der Waals surface area contributed by atoms with Gasteiger partial charge in [0.2, 0.25) is 6.43 Å². The van der Waals surface area contributed by atoms with Crippen LogP contribution in [0, 0.1) is 5.41 Å². The minimum Gasteiger partial charge on any atom is -0.493 e. The third-order valence-corrected chi connectivity index (χ3v) is 6.52. The van der Waals surface area contributed by atoms with Crippen molar-refractivity contribution in [2.45, 2.75) is 43.9 Å². The lowest BCUT2D eigenvalue weighted by Crippen LogP contribution is -2.67. The molecule has 5 nitrogen and oxygen atoms in total. The van der Waals surface area contributed by atoms with Crippen molar-refractivity contribution in [2.75, 3.05) is 7.11 Å². The van der Waals surface area contributed by atoms with Crippen molar-refractivity contribution in [3.05, 3.63) is 59.3 Å². The number of methoxy groups -OCH3 is 1. The number of nitrogens with zero attached hydrogens (tertiary/aromatic N) is 3. The molecule has 0 N–H and O–H groups in total. The lowest BCUT2D eigenvalue weighted by Gasteiger charge is -2.69. The van der Waals surface area contributed by atoms with Crippen LogP contribution in [-0.2, 0) is 11.8 Å². The monoisotopic (exact) mass is 433 g/mol. The van der Waals surface area contributed by atoms with Crippen LogP contribution < -0.4 is 4.74 Å². The highest BCUT2D eigenvalue weighted by atomic mass is 19.3. The van der Waals surface area contributed by atoms with Gasteiger partial charge in [0.05, 0.1) is 12.8 Å². The van der Waals surface area contributed by atoms with E-state index in [1.807, 2.05) is 0 Å². The van der Waals surface area contributed by atoms with Gasteiger partial charge in [-0.1, -0.05) is 6.07 Å². The van der Waals surface area contributed by atoms with Crippen LogP contribution in [0.1, 0.15) is 53.1 Å². The van der Waals surface area contributed by atoms with Gasteiger partial charge in [0.25, 0.3) is 6.43 Å². The molecule has 3 saturated carbocycles. The molecule has 0 saturated heterocycles. The number of rotatable bonds is 7. The number of aromatic nitrogens is 3. The van der Waals surface area contributed by atoms with Crippen molar-refractivity contribution >= 4 is 11.4 Å². The fraction of sp³-hybridized carbons (Fsp3) is 0.409. The summed E-state index contributed by atoms with van der Waals surface area (Å²) < 4.78 is 59.2. The number of pyridine rings is 2. The van der Waals surface area contributed by atoms with Crippen LogP contribution >= 0.6 is 0 Å². The summed E-state index contributed by atoms with van der Waals surface area (Å²) in [6, 6.07) is 5.63. The number of carbonyl (C=O) groups excluding carboxylic acids is 1. The second-order valence-corrected chi connectivity index (χ2v) is 8.60. The summed E-state index contributed by atoms with van der Waals surface area (Å²) in [5, 5.41) is 0. The highest BCUT2D eigenvalue weighted by molar-refractivity contribution is 5.95. The first kappa shape index (κ1) is 20.0. The van der Waals surface area contributed by atoms with Gasteiger partial charge in [-0.25, -0.2) is 27.5 Å². The Morgan fingerprint density at radius 2 is 1.90 bits per heavy atom. The molecular weight excluding hydrogens is 414 g/mol. The molecule has 0 unspecified atom stereocenters. The predicted molar refractivity (Wildman–Crippen MR) is 103 cm³/mol. The summed E-state index contributed by atoms with van der Waals surface area (Å²) in [5.41, 5.74) is 0.266. The molecule has 0 atom stereocenters. The summed E-state index contributed by atoms with van der Waals surface area (Å²) in [6.45, 7) is 0. The highest BCUT2D eigenvalue weighted by Gasteiger charge is 2.73. The molecule has 0 spiro atoms. The molecule has 3 aliphatic carbocycles. The van der Waals surface area contributed by atoms with Gasteiger partial charge < -0.3 is 9.14 Å². The van der Waals surface area contributed by atoms with Crippen LogP contribution in [0.2, 0.25) is 0 Å². The van der Waals surface area contributed by atoms with Crippen LogP contribution in [0.5, 0.6) is 5.75 Å². The summed E-state index contributed by atoms with van der Waals surface area (Å²) in [5.74, 6) is 0.0450. The summed E-state index contributed by atoms with van der Waals surface area (Å²) in [7, 11) is 1.48. The number of ether oxygens (including phenoxy) is 1. The van der Waals surface area contributed by atoms with Crippen LogP contribution in [-0.4, -0.2) is 33.7 Å². The number of hydrogen-bond donors (Lipinski definition) is 0. The minimum absolute atomic E-state index is 0.0330. The molecule has 2 bridgehead atoms. The van der Waals surface area contributed by atoms with Crippen LogP contribution in [0.25, 0.3) is 5.65 Å². The summed E-state index contributed by atoms with van der Waals surface area (Å²) >= 11 is 0. The van der Waals surface area contributed by atoms with Gasteiger partial charge in [0.1, 0.15) is 11.4 Å². The van der Waals surface area contributed by atoms with Crippen LogP contribution in [0.4, 0.5) is 17.6 Å². The average Bonchev–Trinajstić information content (AvgIpc) is 3.08. The lowest BCUT2D eigenvalue weighted by atomic mass is 9.34. The zero-order valence-electron chi connectivity index (χ0n) is 16.6. The molecule has 3 aromatic rings. The second-order valence-electron chi connectivity index (χ2n) is 8.60. The van der Waals surface area contributed by atoms with Crippen molar-refractivity contribution in [1.29, 1.82) is 0 Å². The zero-order valence-corrected chi connectivity index (χ0v) is 16.6. The first-order valence-corrected chi connectivity index (χ1v) is 9.88. The first-order valence-electron chi connectivity index (χ1n) is 9.88. The maximum Gasteiger partial charge on any atom is 0.280 e. The maximum absolute atomic E-state index is 13.2. The number of fused-ring (bicyclic) bond motifs is 1. The van der Waals surface area contributed by atoms with E-state index in [1.165, 1.54) is 25.3 Å². The Hall–Kier alpha value is -2.97. The van der Waals surface area contributed by atoms with Crippen molar-refractivity contribution in [1.82, 2.24) is 14.4 Å². The van der Waals surface area contributed by atoms with E-state index < -0.39 is 29.7 Å². The number of imidazole rings is 1. The largest absolute Gasteiger partial charge is 0.493 e. The molecule has 0 aliphatic heterocycles. The van der Waals surface area contributed by atoms with Crippen LogP contribution in [0.3, 0.4) is 0 Å². The Balaban J connectivity index is 1.42. The van der Waals surface area contributed by atoms with E-state index in [2.05, 4.69) is 9.97 Å². The van der Waals surface area contributed by atoms with Gasteiger partial charge in [0, 0.05) is 29.6 Å². The van der Waals surface area contributed by atoms with Crippen molar-refractivity contribution in [2.24, 2.45) is 5.41 Å². The Morgan fingerprint density at radius 1 is 1.16 bits per heavy atom. The molecule has 0 amide bonds. The van der Waals surface area contributed by atoms with E-state index in [9.17, 15) is 22.4 Å². The summed E-state index contributed by atoms with van der Waals surface area (Å²) in [6.07, 6.45) is -0.304. The molecule has 0 radical (unpaired) electrons. The number of hydrogen-bond acceptors (Lipinski definition) is 4. The van der Waals surface area contributed by atoms with Crippen LogP contribution in [0.15, 0.2) is 36.7 Å². The van der Waals surface area contributed by atoms with Crippen molar-refractivity contribution < 1.29 is 27.1 Å². The van der Waals surface area contributed by atoms with Crippen molar-refractivity contribution in [3.63, 3.8) is 0 Å². The first-order chi connectivity index (χ1) is 14.7. The molecule has 31 heavy (non-hydrogen) atoms. The standard InChI is InChI=1S/C22H19F4N3O2/c1-31-16-6-12(5-15(30)13-3-2-4-14(27-13)18(23)24)7-29-8-17(28-19(16)29)21-9-22(10-21,11-21)20(25)26/h2-4,6-8,18,20H,5,9-11H2,1H3. The van der Waals surface area contributed by atoms with Gasteiger partial charge in [-0.3, -0.25) is 4.79 Å². The fourth-order valence-electron chi connectivity index (χ4n) is 5.00. The number of halogens is 4. The van der Waals surface area contributed by atoms with Crippen molar-refractivity contribution in [3.8, 4) is 5.75 Å². The minimum atomic E-state index is -2.75.